The predicted octanol–water partition coefficient (Wildman–Crippen LogP) is 3.21. The molecule has 9 nitrogen and oxygen atoms in total. The minimum Gasteiger partial charge on any atom is -0.370 e. The Balaban J connectivity index is 1.30. The van der Waals surface area contributed by atoms with Crippen molar-refractivity contribution in [2.75, 3.05) is 26.2 Å². The summed E-state index contributed by atoms with van der Waals surface area (Å²) in [5.74, 6) is 0.252. The number of hydrogen-bond acceptors (Lipinski definition) is 4. The van der Waals surface area contributed by atoms with Crippen LogP contribution >= 0.6 is 0 Å². The molecule has 5 rings (SSSR count). The second-order valence-electron chi connectivity index (χ2n) is 9.25. The van der Waals surface area contributed by atoms with Crippen molar-refractivity contribution in [2.45, 2.75) is 19.8 Å². The molecule has 2 aliphatic heterocycles. The molecule has 0 fully saturated rings. The van der Waals surface area contributed by atoms with Gasteiger partial charge in [0.25, 0.3) is 0 Å². The molecule has 0 amide bonds. The highest BCUT2D eigenvalue weighted by atomic mass is 15.4. The molecule has 36 heavy (non-hydrogen) atoms. The third kappa shape index (κ3) is 4.72. The van der Waals surface area contributed by atoms with Crippen LogP contribution in [0.4, 0.5) is 0 Å². The molecule has 3 heterocycles. The minimum absolute atomic E-state index is 0.125. The molecule has 0 aliphatic carbocycles. The Morgan fingerprint density at radius 3 is 2.00 bits per heavy atom. The van der Waals surface area contributed by atoms with E-state index in [1.165, 1.54) is 27.8 Å². The van der Waals surface area contributed by atoms with Gasteiger partial charge in [-0.3, -0.25) is 10.8 Å². The SMILES string of the molecule is Cc1cc(-c2cn(-c3ccc(C4=CCN(C(=N)N)CC4)cc3)nn2)ccc1C1=CCN(C(=N)N)CC1. The summed E-state index contributed by atoms with van der Waals surface area (Å²) >= 11 is 0. The van der Waals surface area contributed by atoms with Crippen LogP contribution in [0.25, 0.3) is 28.1 Å². The van der Waals surface area contributed by atoms with E-state index in [1.807, 2.05) is 16.0 Å². The number of rotatable bonds is 4. The molecule has 0 atom stereocenters. The van der Waals surface area contributed by atoms with Crippen molar-refractivity contribution in [3.8, 4) is 16.9 Å². The van der Waals surface area contributed by atoms with Gasteiger partial charge in [-0.2, -0.15) is 0 Å². The van der Waals surface area contributed by atoms with Crippen molar-refractivity contribution < 1.29 is 0 Å². The second kappa shape index (κ2) is 9.69. The van der Waals surface area contributed by atoms with Crippen molar-refractivity contribution in [1.29, 1.82) is 10.8 Å². The van der Waals surface area contributed by atoms with Gasteiger partial charge in [-0.25, -0.2) is 4.68 Å². The van der Waals surface area contributed by atoms with Gasteiger partial charge in [-0.1, -0.05) is 41.6 Å². The molecule has 6 N–H and O–H groups in total. The fraction of sp³-hybridized carbons (Fsp3) is 0.259. The first-order chi connectivity index (χ1) is 17.4. The van der Waals surface area contributed by atoms with Gasteiger partial charge < -0.3 is 21.3 Å². The zero-order valence-corrected chi connectivity index (χ0v) is 20.4. The first-order valence-corrected chi connectivity index (χ1v) is 12.1. The lowest BCUT2D eigenvalue weighted by Crippen LogP contribution is -2.39. The van der Waals surface area contributed by atoms with Crippen LogP contribution in [0, 0.1) is 17.7 Å². The van der Waals surface area contributed by atoms with Crippen molar-refractivity contribution in [2.24, 2.45) is 11.5 Å². The van der Waals surface area contributed by atoms with E-state index in [1.54, 1.807) is 4.68 Å². The van der Waals surface area contributed by atoms with Gasteiger partial charge in [-0.15, -0.1) is 5.10 Å². The molecule has 9 heteroatoms. The van der Waals surface area contributed by atoms with E-state index in [0.717, 1.165) is 42.9 Å². The number of nitrogens with two attached hydrogens (primary N) is 2. The van der Waals surface area contributed by atoms with Crippen LogP contribution < -0.4 is 11.5 Å². The normalized spacial score (nSPS) is 15.9. The highest BCUT2D eigenvalue weighted by Crippen LogP contribution is 2.29. The molecule has 0 spiro atoms. The van der Waals surface area contributed by atoms with Gasteiger partial charge in [0.1, 0.15) is 5.69 Å². The second-order valence-corrected chi connectivity index (χ2v) is 9.25. The van der Waals surface area contributed by atoms with Crippen molar-refractivity contribution >= 4 is 23.1 Å². The molecule has 0 unspecified atom stereocenters. The van der Waals surface area contributed by atoms with E-state index in [2.05, 4.69) is 71.9 Å². The van der Waals surface area contributed by atoms with E-state index in [0.29, 0.717) is 13.1 Å². The monoisotopic (exact) mass is 481 g/mol. The lowest BCUT2D eigenvalue weighted by molar-refractivity contribution is 0.451. The third-order valence-electron chi connectivity index (χ3n) is 6.96. The Labute approximate surface area is 210 Å². The highest BCUT2D eigenvalue weighted by molar-refractivity contribution is 5.78. The minimum atomic E-state index is 0.125. The topological polar surface area (TPSA) is 137 Å². The molecule has 184 valence electrons. The molecule has 3 aromatic rings. The first-order valence-electron chi connectivity index (χ1n) is 12.1. The largest absolute Gasteiger partial charge is 0.370 e. The first kappa shape index (κ1) is 23.3. The smallest absolute Gasteiger partial charge is 0.188 e. The number of benzene rings is 2. The average Bonchev–Trinajstić information content (AvgIpc) is 3.39. The molecule has 0 saturated heterocycles. The Morgan fingerprint density at radius 1 is 0.833 bits per heavy atom. The summed E-state index contributed by atoms with van der Waals surface area (Å²) in [6.45, 7) is 5.00. The average molecular weight is 482 g/mol. The predicted molar refractivity (Wildman–Crippen MR) is 144 cm³/mol. The Morgan fingerprint density at radius 2 is 1.44 bits per heavy atom. The Kier molecular flexibility index (Phi) is 6.28. The lowest BCUT2D eigenvalue weighted by Gasteiger charge is -2.27. The van der Waals surface area contributed by atoms with Gasteiger partial charge in [0.2, 0.25) is 0 Å². The van der Waals surface area contributed by atoms with Crippen molar-refractivity contribution in [3.05, 3.63) is 77.5 Å². The number of nitrogens with one attached hydrogen (secondary N) is 2. The summed E-state index contributed by atoms with van der Waals surface area (Å²) in [5, 5.41) is 24.0. The van der Waals surface area contributed by atoms with E-state index in [-0.39, 0.29) is 11.9 Å². The quantitative estimate of drug-likeness (QED) is 0.334. The van der Waals surface area contributed by atoms with Gasteiger partial charge in [-0.05, 0) is 65.8 Å². The van der Waals surface area contributed by atoms with Crippen molar-refractivity contribution in [3.63, 3.8) is 0 Å². The van der Waals surface area contributed by atoms with Crippen LogP contribution in [0.5, 0.6) is 0 Å². The van der Waals surface area contributed by atoms with E-state index in [4.69, 9.17) is 22.3 Å². The summed E-state index contributed by atoms with van der Waals surface area (Å²) in [6, 6.07) is 14.7. The fourth-order valence-corrected chi connectivity index (χ4v) is 4.82. The fourth-order valence-electron chi connectivity index (χ4n) is 4.82. The number of nitrogens with zero attached hydrogens (tertiary/aromatic N) is 5. The van der Waals surface area contributed by atoms with Gasteiger partial charge in [0, 0.05) is 31.7 Å². The maximum absolute atomic E-state index is 7.61. The van der Waals surface area contributed by atoms with Crippen LogP contribution in [-0.2, 0) is 0 Å². The third-order valence-corrected chi connectivity index (χ3v) is 6.96. The van der Waals surface area contributed by atoms with E-state index >= 15 is 0 Å². The summed E-state index contributed by atoms with van der Waals surface area (Å²) in [7, 11) is 0. The maximum atomic E-state index is 7.61. The summed E-state index contributed by atoms with van der Waals surface area (Å²) in [6.07, 6.45) is 8.00. The molecular formula is C27H31N9. The van der Waals surface area contributed by atoms with Crippen LogP contribution in [-0.4, -0.2) is 62.9 Å². The molecular weight excluding hydrogens is 450 g/mol. The molecule has 0 radical (unpaired) electrons. The zero-order chi connectivity index (χ0) is 25.2. The van der Waals surface area contributed by atoms with E-state index in [9.17, 15) is 0 Å². The summed E-state index contributed by atoms with van der Waals surface area (Å²) < 4.78 is 1.80. The molecule has 2 aromatic carbocycles. The summed E-state index contributed by atoms with van der Waals surface area (Å²) in [5.41, 5.74) is 20.2. The van der Waals surface area contributed by atoms with Gasteiger partial charge >= 0.3 is 0 Å². The van der Waals surface area contributed by atoms with Crippen LogP contribution in [0.2, 0.25) is 0 Å². The number of hydrogen-bond donors (Lipinski definition) is 4. The maximum Gasteiger partial charge on any atom is 0.188 e. The molecule has 2 aliphatic rings. The van der Waals surface area contributed by atoms with Crippen LogP contribution in [0.3, 0.4) is 0 Å². The molecule has 0 bridgehead atoms. The lowest BCUT2D eigenvalue weighted by atomic mass is 9.94. The molecule has 1 aromatic heterocycles. The molecule has 0 saturated carbocycles. The van der Waals surface area contributed by atoms with Gasteiger partial charge in [0.15, 0.2) is 11.9 Å². The van der Waals surface area contributed by atoms with Crippen LogP contribution in [0.15, 0.2) is 60.8 Å². The van der Waals surface area contributed by atoms with Crippen LogP contribution in [0.1, 0.15) is 29.5 Å². The number of aromatic nitrogens is 3. The Bertz CT molecular complexity index is 1360. The van der Waals surface area contributed by atoms with E-state index < -0.39 is 0 Å². The van der Waals surface area contributed by atoms with Crippen molar-refractivity contribution in [1.82, 2.24) is 24.8 Å². The Hall–Kier alpha value is -4.40. The summed E-state index contributed by atoms with van der Waals surface area (Å²) in [4.78, 5) is 3.73. The number of aryl methyl sites for hydroxylation is 1. The standard InChI is InChI=1S/C27H31N9/c1-18-16-22(4-7-24(18)21-10-14-35(15-11-21)27(30)31)25-17-36(33-32-25)23-5-2-19(3-6-23)20-8-12-34(13-9-20)26(28)29/h2-8,10,16-17H,9,11-15H2,1H3,(H3,28,29)(H3,30,31). The zero-order valence-electron chi connectivity index (χ0n) is 20.4. The number of guanidine groups is 2. The highest BCUT2D eigenvalue weighted by Gasteiger charge is 2.17. The van der Waals surface area contributed by atoms with Gasteiger partial charge in [0.05, 0.1) is 11.9 Å².